The van der Waals surface area contributed by atoms with Crippen molar-refractivity contribution in [1.82, 2.24) is 0 Å². The molecule has 0 saturated heterocycles. The molecule has 1 aliphatic rings. The third-order valence-corrected chi connectivity index (χ3v) is 3.18. The zero-order chi connectivity index (χ0) is 12.4. The van der Waals surface area contributed by atoms with Crippen LogP contribution in [0.3, 0.4) is 0 Å². The first-order chi connectivity index (χ1) is 8.06. The van der Waals surface area contributed by atoms with Crippen molar-refractivity contribution in [2.75, 3.05) is 0 Å². The fraction of sp³-hybridized carbons (Fsp3) is 0.385. The fourth-order valence-corrected chi connectivity index (χ4v) is 2.45. The van der Waals surface area contributed by atoms with Gasteiger partial charge in [-0.15, -0.1) is 0 Å². The van der Waals surface area contributed by atoms with Crippen LogP contribution >= 0.6 is 0 Å². The summed E-state index contributed by atoms with van der Waals surface area (Å²) in [6.45, 7) is 2.08. The quantitative estimate of drug-likeness (QED) is 0.593. The van der Waals surface area contributed by atoms with Crippen LogP contribution in [0.25, 0.3) is 0 Å². The second-order valence-electron chi connectivity index (χ2n) is 4.57. The van der Waals surface area contributed by atoms with E-state index in [-0.39, 0.29) is 17.8 Å². The van der Waals surface area contributed by atoms with Crippen LogP contribution in [-0.4, -0.2) is 11.9 Å². The normalized spacial score (nSPS) is 17.6. The molecule has 0 heterocycles. The lowest BCUT2D eigenvalue weighted by atomic mass is 9.97. The number of carbonyl (C=O) groups excluding carboxylic acids is 1. The molecular formula is C13H17N3O. The Bertz CT molecular complexity index is 476. The molecule has 0 bridgehead atoms. The summed E-state index contributed by atoms with van der Waals surface area (Å²) in [6, 6.07) is 6.40. The average Bonchev–Trinajstić information content (AvgIpc) is 2.59. The van der Waals surface area contributed by atoms with Crippen molar-refractivity contribution in [3.63, 3.8) is 0 Å². The maximum atomic E-state index is 11.5. The number of benzene rings is 1. The summed E-state index contributed by atoms with van der Waals surface area (Å²) in [5.41, 5.74) is 14.3. The van der Waals surface area contributed by atoms with Gasteiger partial charge >= 0.3 is 0 Å². The van der Waals surface area contributed by atoms with E-state index >= 15 is 0 Å². The van der Waals surface area contributed by atoms with E-state index in [1.165, 1.54) is 16.7 Å². The Morgan fingerprint density at radius 1 is 1.47 bits per heavy atom. The molecule has 1 unspecified atom stereocenters. The van der Waals surface area contributed by atoms with Gasteiger partial charge in [-0.1, -0.05) is 23.8 Å². The van der Waals surface area contributed by atoms with Crippen LogP contribution in [0.4, 0.5) is 0 Å². The Kier molecular flexibility index (Phi) is 3.13. The first kappa shape index (κ1) is 11.6. The van der Waals surface area contributed by atoms with E-state index in [0.717, 1.165) is 12.8 Å². The topological polar surface area (TPSA) is 81.5 Å². The molecule has 17 heavy (non-hydrogen) atoms. The van der Waals surface area contributed by atoms with Crippen molar-refractivity contribution < 1.29 is 4.79 Å². The van der Waals surface area contributed by atoms with Gasteiger partial charge in [-0.05, 0) is 36.8 Å². The van der Waals surface area contributed by atoms with Crippen molar-refractivity contribution in [3.8, 4) is 0 Å². The highest BCUT2D eigenvalue weighted by atomic mass is 16.1. The predicted octanol–water partition coefficient (Wildman–Crippen LogP) is 1.21. The van der Waals surface area contributed by atoms with Gasteiger partial charge in [0.2, 0.25) is 5.91 Å². The van der Waals surface area contributed by atoms with Crippen LogP contribution in [0.1, 0.15) is 35.4 Å². The molecular weight excluding hydrogens is 214 g/mol. The van der Waals surface area contributed by atoms with E-state index in [4.69, 9.17) is 11.5 Å². The first-order valence-corrected chi connectivity index (χ1v) is 5.78. The minimum atomic E-state index is -0.233. The number of aryl methyl sites for hydroxylation is 2. The number of aliphatic imine (C=N–C) groups is 1. The number of fused-ring (bicyclic) bond motifs is 1. The molecule has 90 valence electrons. The summed E-state index contributed by atoms with van der Waals surface area (Å²) in [4.78, 5) is 15.1. The number of rotatable bonds is 2. The monoisotopic (exact) mass is 231 g/mol. The summed E-state index contributed by atoms with van der Waals surface area (Å²) in [6.07, 6.45) is 2.44. The molecule has 0 saturated carbocycles. The second kappa shape index (κ2) is 4.57. The van der Waals surface area contributed by atoms with Gasteiger partial charge in [0, 0.05) is 6.42 Å². The van der Waals surface area contributed by atoms with E-state index < -0.39 is 0 Å². The van der Waals surface area contributed by atoms with Gasteiger partial charge < -0.3 is 11.5 Å². The van der Waals surface area contributed by atoms with Gasteiger partial charge in [0.05, 0.1) is 0 Å². The van der Waals surface area contributed by atoms with Gasteiger partial charge in [0.25, 0.3) is 0 Å². The van der Waals surface area contributed by atoms with Crippen molar-refractivity contribution in [2.24, 2.45) is 16.5 Å². The molecule has 1 atom stereocenters. The SMILES string of the molecule is Cc1ccc2c(c1)CCC2CC(=O)N=C(N)N. The van der Waals surface area contributed by atoms with Crippen molar-refractivity contribution in [1.29, 1.82) is 0 Å². The third kappa shape index (κ3) is 2.64. The van der Waals surface area contributed by atoms with E-state index in [1.807, 2.05) is 0 Å². The van der Waals surface area contributed by atoms with E-state index in [1.54, 1.807) is 0 Å². The molecule has 1 amide bonds. The molecule has 0 fully saturated rings. The highest BCUT2D eigenvalue weighted by Gasteiger charge is 2.24. The Hall–Kier alpha value is -1.84. The molecule has 2 rings (SSSR count). The lowest BCUT2D eigenvalue weighted by Gasteiger charge is -2.09. The first-order valence-electron chi connectivity index (χ1n) is 5.78. The minimum Gasteiger partial charge on any atom is -0.370 e. The lowest BCUT2D eigenvalue weighted by Crippen LogP contribution is -2.24. The van der Waals surface area contributed by atoms with Crippen LogP contribution < -0.4 is 11.5 Å². The number of hydrogen-bond donors (Lipinski definition) is 2. The Morgan fingerprint density at radius 3 is 2.94 bits per heavy atom. The molecule has 1 aromatic carbocycles. The van der Waals surface area contributed by atoms with E-state index in [2.05, 4.69) is 30.1 Å². The molecule has 1 aromatic rings. The summed E-state index contributed by atoms with van der Waals surface area (Å²) in [7, 11) is 0. The van der Waals surface area contributed by atoms with Crippen LogP contribution in [-0.2, 0) is 11.2 Å². The smallest absolute Gasteiger partial charge is 0.249 e. The van der Waals surface area contributed by atoms with Gasteiger partial charge in [-0.25, -0.2) is 0 Å². The second-order valence-corrected chi connectivity index (χ2v) is 4.57. The number of nitrogens with two attached hydrogens (primary N) is 2. The minimum absolute atomic E-state index is 0.155. The maximum Gasteiger partial charge on any atom is 0.249 e. The third-order valence-electron chi connectivity index (χ3n) is 3.18. The Morgan fingerprint density at radius 2 is 2.24 bits per heavy atom. The number of nitrogens with zero attached hydrogens (tertiary/aromatic N) is 1. The predicted molar refractivity (Wildman–Crippen MR) is 67.7 cm³/mol. The van der Waals surface area contributed by atoms with Crippen LogP contribution in [0.2, 0.25) is 0 Å². The van der Waals surface area contributed by atoms with Crippen molar-refractivity contribution in [2.45, 2.75) is 32.1 Å². The number of amides is 1. The molecule has 1 aliphatic carbocycles. The summed E-state index contributed by atoms with van der Waals surface area (Å²) >= 11 is 0. The van der Waals surface area contributed by atoms with Crippen LogP contribution in [0.5, 0.6) is 0 Å². The average molecular weight is 231 g/mol. The highest BCUT2D eigenvalue weighted by Crippen LogP contribution is 2.35. The Labute approximate surface area is 101 Å². The molecule has 4 N–H and O–H groups in total. The van der Waals surface area contributed by atoms with Crippen LogP contribution in [0, 0.1) is 6.92 Å². The zero-order valence-electron chi connectivity index (χ0n) is 9.94. The molecule has 0 aromatic heterocycles. The van der Waals surface area contributed by atoms with Gasteiger partial charge in [0.1, 0.15) is 0 Å². The standard InChI is InChI=1S/C13H17N3O/c1-8-2-5-11-9(6-8)3-4-10(11)7-12(17)16-13(14)15/h2,5-6,10H,3-4,7H2,1H3,(H4,14,15,16,17). The lowest BCUT2D eigenvalue weighted by molar-refractivity contribution is -0.118. The Balaban J connectivity index is 2.12. The number of hydrogen-bond acceptors (Lipinski definition) is 1. The molecule has 0 radical (unpaired) electrons. The summed E-state index contributed by atoms with van der Waals surface area (Å²) in [5.74, 6) is -0.123. The largest absolute Gasteiger partial charge is 0.370 e. The van der Waals surface area contributed by atoms with E-state index in [9.17, 15) is 4.79 Å². The van der Waals surface area contributed by atoms with E-state index in [0.29, 0.717) is 6.42 Å². The van der Waals surface area contributed by atoms with Gasteiger partial charge in [0.15, 0.2) is 5.96 Å². The molecule has 0 aliphatic heterocycles. The maximum absolute atomic E-state index is 11.5. The fourth-order valence-electron chi connectivity index (χ4n) is 2.45. The van der Waals surface area contributed by atoms with Crippen LogP contribution in [0.15, 0.2) is 23.2 Å². The molecule has 0 spiro atoms. The zero-order valence-corrected chi connectivity index (χ0v) is 9.94. The highest BCUT2D eigenvalue weighted by molar-refractivity contribution is 5.91. The van der Waals surface area contributed by atoms with Gasteiger partial charge in [-0.3, -0.25) is 4.79 Å². The van der Waals surface area contributed by atoms with Gasteiger partial charge in [-0.2, -0.15) is 4.99 Å². The van der Waals surface area contributed by atoms with Crippen molar-refractivity contribution >= 4 is 11.9 Å². The molecule has 4 heteroatoms. The molecule has 4 nitrogen and oxygen atoms in total. The summed E-state index contributed by atoms with van der Waals surface area (Å²) < 4.78 is 0. The van der Waals surface area contributed by atoms with Crippen molar-refractivity contribution in [3.05, 3.63) is 34.9 Å². The number of guanidine groups is 1. The number of carbonyl (C=O) groups is 1. The summed E-state index contributed by atoms with van der Waals surface area (Å²) in [5, 5.41) is 0.